The van der Waals surface area contributed by atoms with Gasteiger partial charge in [0, 0.05) is 31.0 Å². The number of allylic oxidation sites excluding steroid dienone is 1. The van der Waals surface area contributed by atoms with Crippen molar-refractivity contribution in [1.29, 1.82) is 0 Å². The van der Waals surface area contributed by atoms with Gasteiger partial charge in [-0.05, 0) is 53.7 Å². The summed E-state index contributed by atoms with van der Waals surface area (Å²) in [6.07, 6.45) is -1.10. The van der Waals surface area contributed by atoms with Crippen LogP contribution in [-0.4, -0.2) is 42.3 Å². The van der Waals surface area contributed by atoms with Gasteiger partial charge in [-0.3, -0.25) is 4.99 Å². The summed E-state index contributed by atoms with van der Waals surface area (Å²) in [4.78, 5) is 19.4. The lowest BCUT2D eigenvalue weighted by Gasteiger charge is -2.25. The van der Waals surface area contributed by atoms with Crippen molar-refractivity contribution < 1.29 is 23.1 Å². The summed E-state index contributed by atoms with van der Waals surface area (Å²) in [5.41, 5.74) is 20.9. The number of rotatable bonds is 12. The number of benzene rings is 1. The summed E-state index contributed by atoms with van der Waals surface area (Å²) in [6.45, 7) is -0.442. The Kier molecular flexibility index (Phi) is 10.2. The molecule has 0 aliphatic heterocycles. The highest BCUT2D eigenvalue weighted by atomic mass is 19.4. The fourth-order valence-electron chi connectivity index (χ4n) is 3.77. The van der Waals surface area contributed by atoms with Crippen LogP contribution in [0.1, 0.15) is 34.6 Å². The summed E-state index contributed by atoms with van der Waals surface area (Å²) in [7, 11) is 1.56. The van der Waals surface area contributed by atoms with Crippen LogP contribution in [0.5, 0.6) is 0 Å². The van der Waals surface area contributed by atoms with Gasteiger partial charge in [-0.15, -0.1) is 0 Å². The number of pyridine rings is 1. The Morgan fingerprint density at radius 2 is 1.97 bits per heavy atom. The Bertz CT molecular complexity index is 1100. The van der Waals surface area contributed by atoms with Gasteiger partial charge in [-0.2, -0.15) is 13.2 Å². The molecule has 1 aromatic carbocycles. The van der Waals surface area contributed by atoms with E-state index in [1.54, 1.807) is 19.2 Å². The van der Waals surface area contributed by atoms with E-state index < -0.39 is 23.7 Å². The molecule has 0 radical (unpaired) electrons. The minimum Gasteiger partial charge on any atom is -0.404 e. The number of carbonyl (C=O) groups excluding carboxylic acids is 1. The van der Waals surface area contributed by atoms with Crippen LogP contribution in [0, 0.1) is 0 Å². The van der Waals surface area contributed by atoms with Gasteiger partial charge in [0.05, 0.1) is 24.4 Å². The molecule has 0 saturated heterocycles. The lowest BCUT2D eigenvalue weighted by molar-refractivity contribution is -0.137. The summed E-state index contributed by atoms with van der Waals surface area (Å²) in [6, 6.07) is 4.49. The van der Waals surface area contributed by atoms with Gasteiger partial charge in [0.1, 0.15) is 12.1 Å². The second-order valence-electron chi connectivity index (χ2n) is 8.05. The quantitative estimate of drug-likeness (QED) is 0.0962. The number of hydrogen-bond acceptors (Lipinski definition) is 10. The molecule has 11 N–H and O–H groups in total. The number of nitrogens with two attached hydrogens (primary N) is 4. The van der Waals surface area contributed by atoms with E-state index in [4.69, 9.17) is 23.0 Å². The molecule has 0 spiro atoms. The highest BCUT2D eigenvalue weighted by molar-refractivity contribution is 5.80. The molecule has 0 bridgehead atoms. The van der Waals surface area contributed by atoms with Gasteiger partial charge in [0.2, 0.25) is 0 Å². The molecule has 2 unspecified atom stereocenters. The van der Waals surface area contributed by atoms with Crippen molar-refractivity contribution in [2.75, 3.05) is 30.5 Å². The van der Waals surface area contributed by atoms with E-state index in [9.17, 15) is 23.1 Å². The van der Waals surface area contributed by atoms with Gasteiger partial charge < -0.3 is 37.8 Å². The van der Waals surface area contributed by atoms with Crippen molar-refractivity contribution in [1.82, 2.24) is 10.3 Å². The summed E-state index contributed by atoms with van der Waals surface area (Å²) in [5, 5.41) is 12.5. The van der Waals surface area contributed by atoms with Crippen LogP contribution in [0.25, 0.3) is 0 Å². The highest BCUT2D eigenvalue weighted by Crippen LogP contribution is 2.34. The fraction of sp³-hybridized carbons (Fsp3) is 0.348. The molecule has 2 aromatic rings. The van der Waals surface area contributed by atoms with Crippen molar-refractivity contribution in [3.8, 4) is 0 Å². The lowest BCUT2D eigenvalue weighted by atomic mass is 9.87. The Morgan fingerprint density at radius 3 is 2.53 bits per heavy atom. The second-order valence-corrected chi connectivity index (χ2v) is 8.05. The fourth-order valence-corrected chi connectivity index (χ4v) is 3.77. The van der Waals surface area contributed by atoms with Crippen LogP contribution in [-0.2, 0) is 23.9 Å². The molecule has 36 heavy (non-hydrogen) atoms. The van der Waals surface area contributed by atoms with Crippen molar-refractivity contribution >= 4 is 29.8 Å². The maximum Gasteiger partial charge on any atom is 0.416 e. The molecular weight excluding hydrogens is 477 g/mol. The van der Waals surface area contributed by atoms with E-state index in [-0.39, 0.29) is 54.4 Å². The van der Waals surface area contributed by atoms with Crippen molar-refractivity contribution in [3.05, 3.63) is 58.3 Å². The Hall–Kier alpha value is -3.68. The average Bonchev–Trinajstić information content (AvgIpc) is 2.84. The number of nitrogen functional groups attached to an aromatic ring is 3. The van der Waals surface area contributed by atoms with E-state index in [0.29, 0.717) is 17.4 Å². The molecule has 0 aliphatic rings. The van der Waals surface area contributed by atoms with Crippen LogP contribution in [0.3, 0.4) is 0 Å². The molecule has 2 atom stereocenters. The third kappa shape index (κ3) is 7.41. The normalized spacial score (nSPS) is 14.1. The zero-order valence-corrected chi connectivity index (χ0v) is 19.7. The third-order valence-electron chi connectivity index (χ3n) is 5.61. The minimum atomic E-state index is -4.61. The number of alkyl halides is 3. The predicted octanol–water partition coefficient (Wildman–Crippen LogP) is 1.46. The second kappa shape index (κ2) is 12.9. The highest BCUT2D eigenvalue weighted by Gasteiger charge is 2.32. The monoisotopic (exact) mass is 508 g/mol. The van der Waals surface area contributed by atoms with Crippen LogP contribution >= 0.6 is 0 Å². The Morgan fingerprint density at radius 1 is 1.25 bits per heavy atom. The maximum atomic E-state index is 13.6. The molecule has 1 aromatic heterocycles. The number of aldehydes is 1. The Balaban J connectivity index is 2.34. The standard InChI is InChI=1S/C23H31F3N8O2/c1-31-19(12-36)18(2-3-35)15-4-13(6-17(7-15)23(24,25)26)10-32-11-14(9-27)5-16-8-20(28)33-22(34-30)21(16)29/h3-4,6-9,11,18-19,31,36H,2,5,10,12,27,29-30H2,1H3,(H3,28,33,34). The molecule has 2 rings (SSSR count). The third-order valence-corrected chi connectivity index (χ3v) is 5.61. The smallest absolute Gasteiger partial charge is 0.404 e. The SMILES string of the molecule is CNC(CO)C(CC=O)c1cc(CN=CC(=CN)Cc2cc(N)nc(NN)c2N)cc(C(F)(F)F)c1. The van der Waals surface area contributed by atoms with Gasteiger partial charge in [-0.1, -0.05) is 6.07 Å². The van der Waals surface area contributed by atoms with Crippen LogP contribution < -0.4 is 33.8 Å². The number of anilines is 3. The van der Waals surface area contributed by atoms with Crippen molar-refractivity contribution in [2.24, 2.45) is 16.6 Å². The van der Waals surface area contributed by atoms with Crippen molar-refractivity contribution in [2.45, 2.75) is 37.5 Å². The van der Waals surface area contributed by atoms with E-state index in [2.05, 4.69) is 20.7 Å². The number of likely N-dealkylation sites (N-methyl/N-ethyl adjacent to an activating group) is 1. The minimum absolute atomic E-state index is 0.0632. The molecule has 13 heteroatoms. The van der Waals surface area contributed by atoms with Gasteiger partial charge in [0.25, 0.3) is 0 Å². The molecule has 0 fully saturated rings. The molecule has 1 heterocycles. The largest absolute Gasteiger partial charge is 0.416 e. The number of nitrogens with zero attached hydrogens (tertiary/aromatic N) is 2. The predicted molar refractivity (Wildman–Crippen MR) is 134 cm³/mol. The molecular formula is C23H31F3N8O2. The van der Waals surface area contributed by atoms with Gasteiger partial charge >= 0.3 is 6.18 Å². The molecule has 0 aliphatic carbocycles. The molecule has 0 saturated carbocycles. The first-order chi connectivity index (χ1) is 17.1. The topological polar surface area (TPSA) is 191 Å². The summed E-state index contributed by atoms with van der Waals surface area (Å²) >= 11 is 0. The van der Waals surface area contributed by atoms with E-state index in [1.807, 2.05) is 0 Å². The number of nitrogens with one attached hydrogen (secondary N) is 2. The van der Waals surface area contributed by atoms with E-state index in [0.717, 1.165) is 12.1 Å². The molecule has 0 amide bonds. The zero-order valence-electron chi connectivity index (χ0n) is 19.7. The number of aromatic nitrogens is 1. The number of hydrogen-bond donors (Lipinski definition) is 7. The van der Waals surface area contributed by atoms with Gasteiger partial charge in [-0.25, -0.2) is 10.8 Å². The number of halogens is 3. The van der Waals surface area contributed by atoms with Crippen LogP contribution in [0.15, 0.2) is 41.0 Å². The zero-order chi connectivity index (χ0) is 26.9. The molecule has 196 valence electrons. The summed E-state index contributed by atoms with van der Waals surface area (Å²) < 4.78 is 40.8. The molecule has 10 nitrogen and oxygen atoms in total. The van der Waals surface area contributed by atoms with Gasteiger partial charge in [0.15, 0.2) is 5.82 Å². The van der Waals surface area contributed by atoms with Crippen molar-refractivity contribution in [3.63, 3.8) is 0 Å². The number of carbonyl (C=O) groups is 1. The summed E-state index contributed by atoms with van der Waals surface area (Å²) in [5.74, 6) is 5.12. The number of aliphatic hydroxyl groups excluding tert-OH is 1. The number of aliphatic hydroxyl groups is 1. The van der Waals surface area contributed by atoms with E-state index in [1.165, 1.54) is 12.4 Å². The first-order valence-electron chi connectivity index (χ1n) is 10.9. The first-order valence-corrected chi connectivity index (χ1v) is 10.9. The van der Waals surface area contributed by atoms with Crippen LogP contribution in [0.4, 0.5) is 30.5 Å². The lowest BCUT2D eigenvalue weighted by Crippen LogP contribution is -2.36. The van der Waals surface area contributed by atoms with Crippen LogP contribution in [0.2, 0.25) is 0 Å². The number of hydrazine groups is 1. The average molecular weight is 509 g/mol. The van der Waals surface area contributed by atoms with E-state index >= 15 is 0 Å². The Labute approximate surface area is 206 Å². The maximum absolute atomic E-state index is 13.6. The first kappa shape index (κ1) is 28.6. The number of aliphatic imine (C=N–C) groups is 1.